The molecule has 1 fully saturated rings. The summed E-state index contributed by atoms with van der Waals surface area (Å²) in [6.45, 7) is 5.38. The minimum atomic E-state index is -4.67. The van der Waals surface area contributed by atoms with Crippen molar-refractivity contribution in [3.05, 3.63) is 54.1 Å². The third-order valence-corrected chi connectivity index (χ3v) is 12.9. The van der Waals surface area contributed by atoms with E-state index in [0.717, 1.165) is 44.9 Å². The molecule has 0 saturated carbocycles. The third kappa shape index (κ3) is 21.6. The van der Waals surface area contributed by atoms with Gasteiger partial charge in [-0.15, -0.1) is 0 Å². The molecule has 4 amide bonds. The van der Waals surface area contributed by atoms with E-state index in [1.54, 1.807) is 7.11 Å². The fourth-order valence-electron chi connectivity index (χ4n) is 8.03. The summed E-state index contributed by atoms with van der Waals surface area (Å²) in [6.07, 6.45) is 9.40. The molecule has 0 radical (unpaired) electrons. The van der Waals surface area contributed by atoms with E-state index in [1.807, 2.05) is 32.0 Å². The number of aliphatic hydroxyl groups excluding tert-OH is 1. The number of benzene rings is 1. The Morgan fingerprint density at radius 1 is 0.910 bits per heavy atom. The zero-order valence-corrected chi connectivity index (χ0v) is 40.6. The van der Waals surface area contributed by atoms with E-state index < -0.39 is 86.2 Å². The molecule has 1 unspecified atom stereocenters. The number of unbranched alkanes of at least 4 members (excludes halogenated alkanes) is 6. The Morgan fingerprint density at radius 3 is 2.24 bits per heavy atom. The van der Waals surface area contributed by atoms with Crippen LogP contribution in [0.1, 0.15) is 115 Å². The van der Waals surface area contributed by atoms with Crippen LogP contribution in [0.15, 0.2) is 42.9 Å². The molecule has 376 valence electrons. The summed E-state index contributed by atoms with van der Waals surface area (Å²) in [6, 6.07) is 6.99. The number of imidazole rings is 1. The van der Waals surface area contributed by atoms with Crippen LogP contribution in [-0.2, 0) is 64.7 Å². The molecule has 19 nitrogen and oxygen atoms in total. The second kappa shape index (κ2) is 30.9. The van der Waals surface area contributed by atoms with Gasteiger partial charge in [0.1, 0.15) is 12.1 Å². The minimum absolute atomic E-state index is 0.0284. The van der Waals surface area contributed by atoms with Crippen LogP contribution in [0.4, 0.5) is 0 Å². The molecule has 7 atom stereocenters. The predicted molar refractivity (Wildman–Crippen MR) is 249 cm³/mol. The number of aryl methyl sites for hydroxylation is 1. The summed E-state index contributed by atoms with van der Waals surface area (Å²) in [4.78, 5) is 99.6. The van der Waals surface area contributed by atoms with Gasteiger partial charge < -0.3 is 45.7 Å². The number of carbonyl (C=O) groups is 6. The van der Waals surface area contributed by atoms with Crippen molar-refractivity contribution in [2.75, 3.05) is 46.7 Å². The predicted octanol–water partition coefficient (Wildman–Crippen LogP) is 4.14. The second-order valence-electron chi connectivity index (χ2n) is 17.7. The number of ether oxygens (including phenoxy) is 2. The SMILES string of the molecule is COCCOCCC(=O)N1CCC[C@H]1C(=O)N[C@@H](CC(C)C)C(=O)C[C@@H](Cc1cnc[nH]1)C(=O)N[C@@H](CO)C(=O)C[C@H](C(N)=O)[C@@H](C)OP(=O)(O)OCCCCCCCCCc1ccccc1. The van der Waals surface area contributed by atoms with E-state index in [1.165, 1.54) is 29.9 Å². The number of nitrogens with one attached hydrogen (secondary N) is 3. The zero-order chi connectivity index (χ0) is 49.2. The largest absolute Gasteiger partial charge is 0.472 e. The molecule has 0 spiro atoms. The molecule has 0 aliphatic carbocycles. The fourth-order valence-corrected chi connectivity index (χ4v) is 9.02. The van der Waals surface area contributed by atoms with E-state index in [0.29, 0.717) is 44.7 Å². The summed E-state index contributed by atoms with van der Waals surface area (Å²) in [5.74, 6) is -6.41. The smallest absolute Gasteiger partial charge is 0.394 e. The van der Waals surface area contributed by atoms with Crippen molar-refractivity contribution in [3.8, 4) is 0 Å². The van der Waals surface area contributed by atoms with Gasteiger partial charge >= 0.3 is 7.82 Å². The Morgan fingerprint density at radius 2 is 1.60 bits per heavy atom. The van der Waals surface area contributed by atoms with Gasteiger partial charge in [-0.05, 0) is 56.9 Å². The van der Waals surface area contributed by atoms with E-state index in [4.69, 9.17) is 24.3 Å². The molecule has 1 saturated heterocycles. The van der Waals surface area contributed by atoms with Crippen molar-refractivity contribution in [3.63, 3.8) is 0 Å². The highest BCUT2D eigenvalue weighted by atomic mass is 31.2. The molecule has 1 aromatic carbocycles. The highest BCUT2D eigenvalue weighted by Crippen LogP contribution is 2.46. The number of aromatic amines is 1. The molecule has 0 bridgehead atoms. The van der Waals surface area contributed by atoms with Crippen LogP contribution in [0.5, 0.6) is 0 Å². The maximum atomic E-state index is 14.0. The summed E-state index contributed by atoms with van der Waals surface area (Å²) >= 11 is 0. The number of hydrogen-bond acceptors (Lipinski definition) is 13. The number of primary amides is 1. The monoisotopic (exact) mass is 963 g/mol. The van der Waals surface area contributed by atoms with Crippen molar-refractivity contribution < 1.29 is 61.9 Å². The number of hydrogen-bond donors (Lipinski definition) is 6. The second-order valence-corrected chi connectivity index (χ2v) is 19.1. The lowest BCUT2D eigenvalue weighted by Gasteiger charge is -2.28. The molecule has 67 heavy (non-hydrogen) atoms. The maximum absolute atomic E-state index is 14.0. The number of phosphoric ester groups is 1. The first-order valence-corrected chi connectivity index (χ1v) is 25.1. The number of Topliss-reactive ketones (excluding diaryl/α,β-unsaturated/α-hetero) is 2. The quantitative estimate of drug-likeness (QED) is 0.0414. The summed E-state index contributed by atoms with van der Waals surface area (Å²) in [5.41, 5.74) is 7.43. The molecular weight excluding hydrogens is 888 g/mol. The molecule has 2 aromatic rings. The van der Waals surface area contributed by atoms with E-state index in [-0.39, 0.29) is 50.7 Å². The van der Waals surface area contributed by atoms with Crippen molar-refractivity contribution in [2.24, 2.45) is 23.5 Å². The maximum Gasteiger partial charge on any atom is 0.472 e. The molecular formula is C47H75N6O13P. The summed E-state index contributed by atoms with van der Waals surface area (Å²) in [7, 11) is -3.13. The number of carbonyl (C=O) groups excluding carboxylic acids is 6. The number of nitrogens with two attached hydrogens (primary N) is 1. The fraction of sp³-hybridized carbons (Fsp3) is 0.681. The van der Waals surface area contributed by atoms with Crippen LogP contribution in [0.3, 0.4) is 0 Å². The number of H-pyrrole nitrogens is 1. The first-order chi connectivity index (χ1) is 32.0. The lowest BCUT2D eigenvalue weighted by Crippen LogP contribution is -2.52. The molecule has 7 N–H and O–H groups in total. The summed E-state index contributed by atoms with van der Waals surface area (Å²) in [5, 5.41) is 15.6. The van der Waals surface area contributed by atoms with E-state index in [2.05, 4.69) is 32.7 Å². The van der Waals surface area contributed by atoms with Crippen molar-refractivity contribution >= 4 is 43.0 Å². The molecule has 1 aliphatic rings. The van der Waals surface area contributed by atoms with Gasteiger partial charge in [-0.2, -0.15) is 0 Å². The minimum Gasteiger partial charge on any atom is -0.394 e. The zero-order valence-electron chi connectivity index (χ0n) is 39.7. The highest BCUT2D eigenvalue weighted by Gasteiger charge is 2.38. The number of aromatic nitrogens is 2. The number of likely N-dealkylation sites (tertiary alicyclic amines) is 1. The van der Waals surface area contributed by atoms with E-state index in [9.17, 15) is 43.3 Å². The van der Waals surface area contributed by atoms with Crippen molar-refractivity contribution in [1.82, 2.24) is 25.5 Å². The lowest BCUT2D eigenvalue weighted by molar-refractivity contribution is -0.140. The van der Waals surface area contributed by atoms with Gasteiger partial charge in [0.2, 0.25) is 23.6 Å². The Kier molecular flexibility index (Phi) is 26.3. The Labute approximate surface area is 395 Å². The molecule has 2 heterocycles. The van der Waals surface area contributed by atoms with Gasteiger partial charge in [-0.3, -0.25) is 37.8 Å². The van der Waals surface area contributed by atoms with Gasteiger partial charge in [-0.25, -0.2) is 9.55 Å². The van der Waals surface area contributed by atoms with Gasteiger partial charge in [-0.1, -0.05) is 76.3 Å². The Bertz CT molecular complexity index is 1850. The lowest BCUT2D eigenvalue weighted by atomic mass is 9.89. The van der Waals surface area contributed by atoms with Gasteiger partial charge in [0, 0.05) is 44.8 Å². The van der Waals surface area contributed by atoms with Gasteiger partial charge in [0.15, 0.2) is 11.6 Å². The first-order valence-electron chi connectivity index (χ1n) is 23.6. The Hall–Kier alpha value is -4.36. The van der Waals surface area contributed by atoms with E-state index >= 15 is 0 Å². The third-order valence-electron chi connectivity index (χ3n) is 11.8. The van der Waals surface area contributed by atoms with Gasteiger partial charge in [0.25, 0.3) is 0 Å². The number of amides is 4. The van der Waals surface area contributed by atoms with Crippen molar-refractivity contribution in [1.29, 1.82) is 0 Å². The number of phosphoric acid groups is 1. The molecule has 1 aromatic heterocycles. The molecule has 1 aliphatic heterocycles. The number of aliphatic hydroxyl groups is 1. The van der Waals surface area contributed by atoms with Crippen LogP contribution < -0.4 is 16.4 Å². The van der Waals surface area contributed by atoms with Crippen LogP contribution in [0.25, 0.3) is 0 Å². The Balaban J connectivity index is 1.56. The van der Waals surface area contributed by atoms with Crippen molar-refractivity contribution in [2.45, 2.75) is 141 Å². The highest BCUT2D eigenvalue weighted by molar-refractivity contribution is 7.47. The molecule has 20 heteroatoms. The molecule has 3 rings (SSSR count). The average Bonchev–Trinajstić information content (AvgIpc) is 4.00. The number of methoxy groups -OCH3 is 1. The number of rotatable bonds is 36. The van der Waals surface area contributed by atoms with Gasteiger partial charge in [0.05, 0.1) is 69.8 Å². The number of ketones is 2. The van der Waals surface area contributed by atoms with Crippen LogP contribution in [-0.4, -0.2) is 131 Å². The van der Waals surface area contributed by atoms with Crippen LogP contribution >= 0.6 is 7.82 Å². The van der Waals surface area contributed by atoms with Crippen LogP contribution in [0, 0.1) is 17.8 Å². The standard InChI is InChI=1S/C47H75N6O13P/c1-33(2)26-39(51-47(60)41-19-15-21-53(41)44(57)20-23-64-25-24-63-4)42(55)28-36(27-37-30-49-32-50-37)46(59)52-40(31-54)43(56)29-38(45(48)58)34(3)66-67(61,62)65-22-14-9-7-5-6-8-11-16-35-17-12-10-13-18-35/h10,12-13,17-18,30,32-34,36,38-41,54H,5-9,11,14-16,19-29,31H2,1-4H3,(H2,48,58)(H,49,50)(H,51,60)(H,52,59)(H,61,62)/t34-,36-,38+,39+,40+,41+/m1/s1. The normalized spacial score (nSPS) is 17.0. The first kappa shape index (κ1) is 57.0. The average molecular weight is 963 g/mol. The van der Waals surface area contributed by atoms with Crippen LogP contribution in [0.2, 0.25) is 0 Å². The topological polar surface area (TPSA) is 279 Å². The summed E-state index contributed by atoms with van der Waals surface area (Å²) < 4.78 is 33.6. The number of nitrogens with zero attached hydrogens (tertiary/aromatic N) is 2.